The van der Waals surface area contributed by atoms with Crippen molar-refractivity contribution in [1.29, 1.82) is 0 Å². The zero-order valence-electron chi connectivity index (χ0n) is 20.0. The zero-order chi connectivity index (χ0) is 25.9. The fourth-order valence-corrected chi connectivity index (χ4v) is 5.25. The molecule has 1 aliphatic heterocycles. The first-order valence-corrected chi connectivity index (χ1v) is 13.3. The van der Waals surface area contributed by atoms with Gasteiger partial charge in [0.2, 0.25) is 10.0 Å². The van der Waals surface area contributed by atoms with Crippen LogP contribution < -0.4 is 4.31 Å². The first kappa shape index (κ1) is 26.8. The minimum absolute atomic E-state index is 0.114. The van der Waals surface area contributed by atoms with Gasteiger partial charge in [0.15, 0.2) is 0 Å². The average molecular weight is 507 g/mol. The van der Waals surface area contributed by atoms with Crippen molar-refractivity contribution in [2.24, 2.45) is 0 Å². The molecular weight excluding hydrogens is 475 g/mol. The third-order valence-corrected chi connectivity index (χ3v) is 7.01. The van der Waals surface area contributed by atoms with Crippen LogP contribution in [-0.4, -0.2) is 59.7 Å². The SMILES string of the molecule is CC(C)c1nc2c(c(-c3ccc(F)cc3)c1C=CC(O)C[C@@H](O)CC(=O)O)CCCN2S(C)(=O)=O. The lowest BCUT2D eigenvalue weighted by molar-refractivity contribution is -0.139. The van der Waals surface area contributed by atoms with Crippen LogP contribution in [0.4, 0.5) is 10.2 Å². The maximum atomic E-state index is 13.7. The maximum absolute atomic E-state index is 13.7. The minimum Gasteiger partial charge on any atom is -0.481 e. The van der Waals surface area contributed by atoms with Crippen molar-refractivity contribution in [2.75, 3.05) is 17.1 Å². The number of pyridine rings is 1. The Hall–Kier alpha value is -2.82. The van der Waals surface area contributed by atoms with E-state index in [1.165, 1.54) is 22.5 Å². The molecule has 190 valence electrons. The second kappa shape index (κ2) is 10.8. The van der Waals surface area contributed by atoms with Gasteiger partial charge in [0, 0.05) is 24.1 Å². The van der Waals surface area contributed by atoms with Crippen LogP contribution in [0.25, 0.3) is 17.2 Å². The molecule has 35 heavy (non-hydrogen) atoms. The molecule has 0 aliphatic carbocycles. The van der Waals surface area contributed by atoms with Gasteiger partial charge < -0.3 is 15.3 Å². The number of rotatable bonds is 9. The van der Waals surface area contributed by atoms with Gasteiger partial charge in [-0.25, -0.2) is 17.8 Å². The number of fused-ring (bicyclic) bond motifs is 1. The summed E-state index contributed by atoms with van der Waals surface area (Å²) in [6.45, 7) is 4.15. The normalized spacial score (nSPS) is 15.9. The van der Waals surface area contributed by atoms with Crippen LogP contribution in [-0.2, 0) is 21.2 Å². The van der Waals surface area contributed by atoms with Gasteiger partial charge in [0.05, 0.1) is 30.6 Å². The molecule has 1 aromatic heterocycles. The Bertz CT molecular complexity index is 1210. The number of aliphatic hydroxyl groups excluding tert-OH is 2. The maximum Gasteiger partial charge on any atom is 0.305 e. The predicted molar refractivity (Wildman–Crippen MR) is 132 cm³/mol. The molecule has 2 heterocycles. The highest BCUT2D eigenvalue weighted by atomic mass is 32.2. The topological polar surface area (TPSA) is 128 Å². The fourth-order valence-electron chi connectivity index (χ4n) is 4.32. The number of benzene rings is 1. The van der Waals surface area contributed by atoms with E-state index in [2.05, 4.69) is 0 Å². The van der Waals surface area contributed by atoms with Gasteiger partial charge in [-0.1, -0.05) is 38.1 Å². The summed E-state index contributed by atoms with van der Waals surface area (Å²) in [6.07, 6.45) is 2.46. The lowest BCUT2D eigenvalue weighted by atomic mass is 9.87. The number of hydrogen-bond acceptors (Lipinski definition) is 6. The van der Waals surface area contributed by atoms with E-state index in [0.717, 1.165) is 11.8 Å². The Morgan fingerprint density at radius 3 is 2.46 bits per heavy atom. The molecule has 1 unspecified atom stereocenters. The number of halogens is 1. The Morgan fingerprint density at radius 1 is 1.23 bits per heavy atom. The third-order valence-electron chi connectivity index (χ3n) is 5.86. The molecule has 2 aromatic rings. The Kier molecular flexibility index (Phi) is 8.30. The molecule has 0 amide bonds. The molecule has 0 saturated heterocycles. The summed E-state index contributed by atoms with van der Waals surface area (Å²) in [4.78, 5) is 15.6. The molecule has 0 radical (unpaired) electrons. The standard InChI is InChI=1S/C25H31FN2O6S/c1-15(2)24-20(11-10-18(29)13-19(30)14-22(31)32)23(16-6-8-17(26)9-7-16)21-5-4-12-28(25(21)27-24)35(3,33)34/h6-11,15,18-19,29-30H,4-5,12-14H2,1-3H3,(H,31,32)/t18?,19-/m1/s1. The van der Waals surface area contributed by atoms with Crippen LogP contribution in [0.15, 0.2) is 30.3 Å². The van der Waals surface area contributed by atoms with E-state index in [0.29, 0.717) is 47.6 Å². The predicted octanol–water partition coefficient (Wildman–Crippen LogP) is 3.32. The van der Waals surface area contributed by atoms with Crippen molar-refractivity contribution in [3.63, 3.8) is 0 Å². The second-order valence-corrected chi connectivity index (χ2v) is 11.0. The summed E-state index contributed by atoms with van der Waals surface area (Å²) in [5.74, 6) is -1.32. The number of carbonyl (C=O) groups is 1. The number of sulfonamides is 1. The van der Waals surface area contributed by atoms with E-state index in [4.69, 9.17) is 10.1 Å². The number of aliphatic hydroxyl groups is 2. The number of carboxylic acid groups (broad SMARTS) is 1. The summed E-state index contributed by atoms with van der Waals surface area (Å²) in [5, 5.41) is 29.1. The van der Waals surface area contributed by atoms with Crippen LogP contribution in [0.3, 0.4) is 0 Å². The molecule has 0 bridgehead atoms. The average Bonchev–Trinajstić information content (AvgIpc) is 2.75. The monoisotopic (exact) mass is 506 g/mol. The minimum atomic E-state index is -3.57. The van der Waals surface area contributed by atoms with Crippen LogP contribution in [0.5, 0.6) is 0 Å². The first-order valence-electron chi connectivity index (χ1n) is 11.4. The van der Waals surface area contributed by atoms with Gasteiger partial charge in [-0.2, -0.15) is 0 Å². The molecule has 1 aliphatic rings. The van der Waals surface area contributed by atoms with Gasteiger partial charge in [-0.3, -0.25) is 9.10 Å². The smallest absolute Gasteiger partial charge is 0.305 e. The van der Waals surface area contributed by atoms with E-state index in [-0.39, 0.29) is 12.3 Å². The van der Waals surface area contributed by atoms with Crippen molar-refractivity contribution in [1.82, 2.24) is 4.98 Å². The molecule has 0 spiro atoms. The number of hydrogen-bond donors (Lipinski definition) is 3. The number of aromatic nitrogens is 1. The van der Waals surface area contributed by atoms with Crippen molar-refractivity contribution in [3.05, 3.63) is 53.0 Å². The number of aliphatic carboxylic acids is 1. The lowest BCUT2D eigenvalue weighted by Gasteiger charge is -2.32. The Balaban J connectivity index is 2.20. The highest BCUT2D eigenvalue weighted by Crippen LogP contribution is 2.41. The molecule has 1 aromatic carbocycles. The summed E-state index contributed by atoms with van der Waals surface area (Å²) < 4.78 is 40.1. The van der Waals surface area contributed by atoms with Crippen molar-refractivity contribution >= 4 is 27.9 Å². The largest absolute Gasteiger partial charge is 0.481 e. The summed E-state index contributed by atoms with van der Waals surface area (Å²) in [5.41, 5.74) is 3.38. The highest BCUT2D eigenvalue weighted by Gasteiger charge is 2.31. The Morgan fingerprint density at radius 2 is 1.89 bits per heavy atom. The molecule has 8 nitrogen and oxygen atoms in total. The van der Waals surface area contributed by atoms with Crippen molar-refractivity contribution in [3.8, 4) is 11.1 Å². The summed E-state index contributed by atoms with van der Waals surface area (Å²) in [7, 11) is -3.57. The first-order chi connectivity index (χ1) is 16.4. The second-order valence-electron chi connectivity index (χ2n) is 9.10. The van der Waals surface area contributed by atoms with Crippen molar-refractivity contribution in [2.45, 2.75) is 57.7 Å². The number of carboxylic acids is 1. The Labute approximate surface area is 204 Å². The molecular formula is C25H31FN2O6S. The number of nitrogens with zero attached hydrogens (tertiary/aromatic N) is 2. The van der Waals surface area contributed by atoms with Gasteiger partial charge in [0.1, 0.15) is 11.6 Å². The molecule has 0 fully saturated rings. The third kappa shape index (κ3) is 6.45. The van der Waals surface area contributed by atoms with Crippen LogP contribution in [0.1, 0.15) is 55.8 Å². The quantitative estimate of drug-likeness (QED) is 0.476. The van der Waals surface area contributed by atoms with Crippen LogP contribution in [0.2, 0.25) is 0 Å². The van der Waals surface area contributed by atoms with E-state index in [1.54, 1.807) is 18.2 Å². The number of anilines is 1. The van der Waals surface area contributed by atoms with E-state index in [1.807, 2.05) is 13.8 Å². The summed E-state index contributed by atoms with van der Waals surface area (Å²) in [6, 6.07) is 5.91. The van der Waals surface area contributed by atoms with Crippen molar-refractivity contribution < 1.29 is 32.9 Å². The molecule has 10 heteroatoms. The molecule has 0 saturated carbocycles. The van der Waals surface area contributed by atoms with Gasteiger partial charge in [0.25, 0.3) is 0 Å². The van der Waals surface area contributed by atoms with Crippen LogP contribution >= 0.6 is 0 Å². The van der Waals surface area contributed by atoms with E-state index < -0.39 is 40.4 Å². The zero-order valence-corrected chi connectivity index (χ0v) is 20.8. The van der Waals surface area contributed by atoms with Gasteiger partial charge in [-0.05, 0) is 42.0 Å². The van der Waals surface area contributed by atoms with Crippen LogP contribution in [0, 0.1) is 5.82 Å². The van der Waals surface area contributed by atoms with E-state index in [9.17, 15) is 27.8 Å². The fraction of sp³-hybridized carbons (Fsp3) is 0.440. The van der Waals surface area contributed by atoms with Gasteiger partial charge in [-0.15, -0.1) is 0 Å². The van der Waals surface area contributed by atoms with E-state index >= 15 is 0 Å². The molecule has 2 atom stereocenters. The molecule has 3 N–H and O–H groups in total. The lowest BCUT2D eigenvalue weighted by Crippen LogP contribution is -2.36. The molecule has 3 rings (SSSR count). The highest BCUT2D eigenvalue weighted by molar-refractivity contribution is 7.92. The van der Waals surface area contributed by atoms with Gasteiger partial charge >= 0.3 is 5.97 Å². The summed E-state index contributed by atoms with van der Waals surface area (Å²) >= 11 is 0.